The van der Waals surface area contributed by atoms with Crippen LogP contribution in [0, 0.1) is 0 Å². The van der Waals surface area contributed by atoms with E-state index in [9.17, 15) is 18.0 Å². The number of carbonyl (C=O) groups excluding carboxylic acids is 1. The number of hydrogen-bond donors (Lipinski definition) is 4. The molecule has 0 aliphatic carbocycles. The molecule has 4 N–H and O–H groups in total. The van der Waals surface area contributed by atoms with Crippen molar-refractivity contribution < 1.29 is 22.7 Å². The molecule has 0 radical (unpaired) electrons. The number of thioether (sulfide) groups is 1. The van der Waals surface area contributed by atoms with Gasteiger partial charge in [-0.3, -0.25) is 9.80 Å². The third kappa shape index (κ3) is 4.04. The van der Waals surface area contributed by atoms with Gasteiger partial charge in [-0.15, -0.1) is 13.2 Å². The van der Waals surface area contributed by atoms with E-state index in [1.54, 1.807) is 23.5 Å². The number of carbonyl (C=O) groups is 1. The van der Waals surface area contributed by atoms with E-state index in [2.05, 4.69) is 26.1 Å². The largest absolute Gasteiger partial charge is 0.573 e. The Balaban J connectivity index is 1.46. The van der Waals surface area contributed by atoms with E-state index in [1.807, 2.05) is 17.6 Å². The smallest absolute Gasteiger partial charge is 0.406 e. The zero-order valence-corrected chi connectivity index (χ0v) is 15.1. The molecule has 3 unspecified atom stereocenters. The van der Waals surface area contributed by atoms with Gasteiger partial charge in [0.1, 0.15) is 17.6 Å². The van der Waals surface area contributed by atoms with Crippen LogP contribution in [0.25, 0.3) is 0 Å². The van der Waals surface area contributed by atoms with Crippen molar-refractivity contribution in [1.82, 2.24) is 26.4 Å². The third-order valence-corrected chi connectivity index (χ3v) is 4.99. The highest BCUT2D eigenvalue weighted by Gasteiger charge is 2.34. The van der Waals surface area contributed by atoms with Crippen molar-refractivity contribution in [3.63, 3.8) is 0 Å². The molecule has 3 heterocycles. The van der Waals surface area contributed by atoms with Gasteiger partial charge in [-0.05, 0) is 29.2 Å². The SMILES string of the molecule is O=C(NC1NC=CS1)C1=CNC2C=CC(c3cccc(OC(F)(F)F)c3)NN12. The second-order valence-electron chi connectivity index (χ2n) is 6.08. The van der Waals surface area contributed by atoms with E-state index in [-0.39, 0.29) is 23.3 Å². The van der Waals surface area contributed by atoms with Crippen LogP contribution in [0.5, 0.6) is 5.75 Å². The van der Waals surface area contributed by atoms with Crippen LogP contribution in [0.4, 0.5) is 13.2 Å². The number of ether oxygens (including phenoxy) is 1. The Hall–Kier alpha value is -2.79. The van der Waals surface area contributed by atoms with E-state index in [0.717, 1.165) is 0 Å². The maximum Gasteiger partial charge on any atom is 0.573 e. The summed E-state index contributed by atoms with van der Waals surface area (Å²) < 4.78 is 41.4. The lowest BCUT2D eigenvalue weighted by Crippen LogP contribution is -2.52. The number of amides is 1. The number of hydrazine groups is 1. The van der Waals surface area contributed by atoms with E-state index in [4.69, 9.17) is 0 Å². The lowest BCUT2D eigenvalue weighted by molar-refractivity contribution is -0.274. The topological polar surface area (TPSA) is 77.7 Å². The summed E-state index contributed by atoms with van der Waals surface area (Å²) in [6, 6.07) is 5.30. The Morgan fingerprint density at radius 2 is 2.11 bits per heavy atom. The van der Waals surface area contributed by atoms with E-state index in [0.29, 0.717) is 11.3 Å². The van der Waals surface area contributed by atoms with Gasteiger partial charge in [-0.2, -0.15) is 0 Å². The molecule has 0 fully saturated rings. The summed E-state index contributed by atoms with van der Waals surface area (Å²) in [5.41, 5.74) is 3.84. The molecule has 1 aromatic carbocycles. The molecule has 0 spiro atoms. The summed E-state index contributed by atoms with van der Waals surface area (Å²) in [6.07, 6.45) is 1.96. The number of hydrogen-bond acceptors (Lipinski definition) is 7. The maximum absolute atomic E-state index is 12.6. The summed E-state index contributed by atoms with van der Waals surface area (Å²) in [4.78, 5) is 12.6. The second kappa shape index (κ2) is 7.32. The molecular weight excluding hydrogens is 395 g/mol. The van der Waals surface area contributed by atoms with E-state index >= 15 is 0 Å². The third-order valence-electron chi connectivity index (χ3n) is 4.17. The van der Waals surface area contributed by atoms with Crippen LogP contribution in [0.3, 0.4) is 0 Å². The number of alkyl halides is 3. The lowest BCUT2D eigenvalue weighted by Gasteiger charge is -2.35. The summed E-state index contributed by atoms with van der Waals surface area (Å²) >= 11 is 1.43. The van der Waals surface area contributed by atoms with Crippen molar-refractivity contribution >= 4 is 17.7 Å². The van der Waals surface area contributed by atoms with Crippen LogP contribution in [0.1, 0.15) is 11.6 Å². The molecule has 1 aromatic rings. The molecule has 11 heteroatoms. The van der Waals surface area contributed by atoms with Gasteiger partial charge in [-0.1, -0.05) is 30.0 Å². The Morgan fingerprint density at radius 1 is 1.25 bits per heavy atom. The Kier molecular flexibility index (Phi) is 4.85. The average Bonchev–Trinajstić information content (AvgIpc) is 3.29. The standard InChI is InChI=1S/C17H16F3N5O2S/c18-17(19,20)27-11-3-1-2-10(8-11)12-4-5-14-22-9-13(25(14)24-12)15(26)23-16-21-6-7-28-16/h1-9,12,14,16,21-22,24H,(H,23,26). The minimum Gasteiger partial charge on any atom is -0.406 e. The first kappa shape index (κ1) is 18.6. The number of halogens is 3. The van der Waals surface area contributed by atoms with Crippen LogP contribution < -0.4 is 26.1 Å². The highest BCUT2D eigenvalue weighted by Crippen LogP contribution is 2.29. The molecule has 4 rings (SSSR count). The molecule has 0 saturated heterocycles. The molecule has 148 valence electrons. The van der Waals surface area contributed by atoms with Crippen molar-refractivity contribution in [3.8, 4) is 5.75 Å². The molecule has 0 aromatic heterocycles. The average molecular weight is 411 g/mol. The van der Waals surface area contributed by atoms with Crippen LogP contribution in [0.15, 0.2) is 59.9 Å². The van der Waals surface area contributed by atoms with Crippen LogP contribution in [-0.2, 0) is 4.79 Å². The number of nitrogens with zero attached hydrogens (tertiary/aromatic N) is 1. The number of fused-ring (bicyclic) bond motifs is 1. The number of nitrogens with one attached hydrogen (secondary N) is 4. The van der Waals surface area contributed by atoms with Gasteiger partial charge in [0.2, 0.25) is 0 Å². The van der Waals surface area contributed by atoms with E-state index in [1.165, 1.54) is 30.0 Å². The Labute approximate surface area is 162 Å². The first-order valence-corrected chi connectivity index (χ1v) is 9.26. The van der Waals surface area contributed by atoms with Gasteiger partial charge < -0.3 is 20.7 Å². The normalized spacial score (nSPS) is 25.6. The van der Waals surface area contributed by atoms with Crippen molar-refractivity contribution in [1.29, 1.82) is 0 Å². The monoisotopic (exact) mass is 411 g/mol. The van der Waals surface area contributed by atoms with Crippen molar-refractivity contribution in [2.45, 2.75) is 24.1 Å². The summed E-state index contributed by atoms with van der Waals surface area (Å²) in [5, 5.41) is 12.4. The fourth-order valence-electron chi connectivity index (χ4n) is 2.98. The number of rotatable bonds is 4. The Morgan fingerprint density at radius 3 is 2.86 bits per heavy atom. The lowest BCUT2D eigenvalue weighted by atomic mass is 10.0. The highest BCUT2D eigenvalue weighted by molar-refractivity contribution is 8.02. The first-order valence-electron chi connectivity index (χ1n) is 8.32. The minimum atomic E-state index is -4.76. The van der Waals surface area contributed by atoms with Gasteiger partial charge in [-0.25, -0.2) is 5.43 Å². The minimum absolute atomic E-state index is 0.250. The molecular formula is C17H16F3N5O2S. The van der Waals surface area contributed by atoms with Gasteiger partial charge in [0, 0.05) is 12.4 Å². The summed E-state index contributed by atoms with van der Waals surface area (Å²) in [6.45, 7) is 0. The van der Waals surface area contributed by atoms with Gasteiger partial charge in [0.25, 0.3) is 5.91 Å². The van der Waals surface area contributed by atoms with Gasteiger partial charge >= 0.3 is 6.36 Å². The molecule has 3 aliphatic rings. The highest BCUT2D eigenvalue weighted by atomic mass is 32.2. The van der Waals surface area contributed by atoms with Crippen molar-refractivity contribution in [3.05, 3.63) is 65.5 Å². The van der Waals surface area contributed by atoms with Gasteiger partial charge in [0.15, 0.2) is 5.50 Å². The fourth-order valence-corrected chi connectivity index (χ4v) is 3.62. The van der Waals surface area contributed by atoms with Gasteiger partial charge in [0.05, 0.1) is 6.04 Å². The second-order valence-corrected chi connectivity index (χ2v) is 7.10. The fraction of sp³-hybridized carbons (Fsp3) is 0.235. The quantitative estimate of drug-likeness (QED) is 0.565. The zero-order chi connectivity index (χ0) is 19.7. The van der Waals surface area contributed by atoms with Crippen molar-refractivity contribution in [2.24, 2.45) is 0 Å². The maximum atomic E-state index is 12.6. The van der Waals surface area contributed by atoms with Crippen LogP contribution in [0.2, 0.25) is 0 Å². The number of benzene rings is 1. The van der Waals surface area contributed by atoms with E-state index < -0.39 is 12.4 Å². The Bertz CT molecular complexity index is 849. The van der Waals surface area contributed by atoms with Crippen LogP contribution in [-0.4, -0.2) is 28.9 Å². The molecule has 28 heavy (non-hydrogen) atoms. The molecule has 7 nitrogen and oxygen atoms in total. The molecule has 1 amide bonds. The summed E-state index contributed by atoms with van der Waals surface area (Å²) in [7, 11) is 0. The molecule has 3 aliphatic heterocycles. The molecule has 3 atom stereocenters. The molecule has 0 saturated carbocycles. The zero-order valence-electron chi connectivity index (χ0n) is 14.2. The van der Waals surface area contributed by atoms with Crippen LogP contribution >= 0.6 is 11.8 Å². The predicted molar refractivity (Wildman–Crippen MR) is 96.8 cm³/mol. The summed E-state index contributed by atoms with van der Waals surface area (Å²) in [5.74, 6) is -0.591. The van der Waals surface area contributed by atoms with Crippen molar-refractivity contribution in [2.75, 3.05) is 0 Å². The first-order chi connectivity index (χ1) is 13.4. The predicted octanol–water partition coefficient (Wildman–Crippen LogP) is 1.98. The molecule has 0 bridgehead atoms.